The lowest BCUT2D eigenvalue weighted by Gasteiger charge is -2.21. The molecule has 0 aromatic carbocycles. The van der Waals surface area contributed by atoms with Crippen LogP contribution in [0.4, 0.5) is 0 Å². The molecule has 1 aromatic rings. The zero-order chi connectivity index (χ0) is 20.9. The van der Waals surface area contributed by atoms with Crippen molar-refractivity contribution in [1.29, 1.82) is 0 Å². The van der Waals surface area contributed by atoms with Crippen LogP contribution in [0.15, 0.2) is 23.3 Å². The van der Waals surface area contributed by atoms with Crippen molar-refractivity contribution in [1.82, 2.24) is 15.6 Å². The van der Waals surface area contributed by atoms with Gasteiger partial charge in [0.15, 0.2) is 5.96 Å². The Hall–Kier alpha value is -1.86. The van der Waals surface area contributed by atoms with Gasteiger partial charge in [-0.3, -0.25) is 0 Å². The minimum absolute atomic E-state index is 0.301. The van der Waals surface area contributed by atoms with E-state index in [1.807, 2.05) is 6.07 Å². The van der Waals surface area contributed by atoms with E-state index in [2.05, 4.69) is 28.6 Å². The molecule has 2 aliphatic rings. The van der Waals surface area contributed by atoms with Crippen LogP contribution in [0.25, 0.3) is 0 Å². The number of nitrogens with zero attached hydrogens (tertiary/aromatic N) is 2. The van der Waals surface area contributed by atoms with Gasteiger partial charge in [-0.1, -0.05) is 6.07 Å². The number of ether oxygens (including phenoxy) is 3. The smallest absolute Gasteiger partial charge is 0.218 e. The monoisotopic (exact) mass is 418 g/mol. The molecule has 0 bridgehead atoms. The second-order valence-electron chi connectivity index (χ2n) is 8.10. The molecule has 2 heterocycles. The summed E-state index contributed by atoms with van der Waals surface area (Å²) in [6, 6.07) is 4.00. The maximum Gasteiger partial charge on any atom is 0.218 e. The van der Waals surface area contributed by atoms with E-state index in [9.17, 15) is 0 Å². The van der Waals surface area contributed by atoms with E-state index in [1.165, 1.54) is 12.8 Å². The summed E-state index contributed by atoms with van der Waals surface area (Å²) in [5, 5.41) is 6.71. The van der Waals surface area contributed by atoms with Crippen LogP contribution in [-0.4, -0.2) is 56.6 Å². The Morgan fingerprint density at radius 2 is 2.03 bits per heavy atom. The zero-order valence-corrected chi connectivity index (χ0v) is 18.4. The molecule has 1 saturated carbocycles. The van der Waals surface area contributed by atoms with Crippen molar-refractivity contribution in [2.45, 2.75) is 64.5 Å². The highest BCUT2D eigenvalue weighted by molar-refractivity contribution is 5.79. The number of pyridine rings is 1. The van der Waals surface area contributed by atoms with Crippen molar-refractivity contribution in [2.75, 3.05) is 39.5 Å². The van der Waals surface area contributed by atoms with E-state index in [4.69, 9.17) is 19.2 Å². The average Bonchev–Trinajstić information content (AvgIpc) is 3.29. The van der Waals surface area contributed by atoms with Gasteiger partial charge in [-0.05, 0) is 63.9 Å². The van der Waals surface area contributed by atoms with Crippen molar-refractivity contribution in [3.8, 4) is 5.88 Å². The van der Waals surface area contributed by atoms with Crippen LogP contribution in [0.2, 0.25) is 0 Å². The first kappa shape index (κ1) is 22.8. The Labute approximate surface area is 181 Å². The first-order chi connectivity index (χ1) is 14.8. The highest BCUT2D eigenvalue weighted by Gasteiger charge is 2.18. The first-order valence-corrected chi connectivity index (χ1v) is 11.6. The number of hydrogen-bond acceptors (Lipinski definition) is 5. The Morgan fingerprint density at radius 1 is 1.20 bits per heavy atom. The van der Waals surface area contributed by atoms with Crippen LogP contribution in [0.3, 0.4) is 0 Å². The molecule has 2 fully saturated rings. The molecule has 0 radical (unpaired) electrons. The molecule has 0 spiro atoms. The molecular weight excluding hydrogens is 380 g/mol. The Kier molecular flexibility index (Phi) is 10.2. The highest BCUT2D eigenvalue weighted by atomic mass is 16.5. The van der Waals surface area contributed by atoms with E-state index in [0.717, 1.165) is 89.0 Å². The number of aromatic nitrogens is 1. The van der Waals surface area contributed by atoms with Crippen LogP contribution in [0, 0.1) is 5.92 Å². The molecular formula is C23H38N4O3. The summed E-state index contributed by atoms with van der Waals surface area (Å²) in [7, 11) is 0. The molecule has 1 saturated heterocycles. The number of aliphatic imine (C=N–C) groups is 1. The van der Waals surface area contributed by atoms with Crippen molar-refractivity contribution < 1.29 is 14.2 Å². The third-order valence-electron chi connectivity index (χ3n) is 5.63. The summed E-state index contributed by atoms with van der Waals surface area (Å²) in [5.74, 6) is 2.20. The maximum absolute atomic E-state index is 6.13. The summed E-state index contributed by atoms with van der Waals surface area (Å²) >= 11 is 0. The second kappa shape index (κ2) is 13.4. The van der Waals surface area contributed by atoms with Gasteiger partial charge in [-0.15, -0.1) is 0 Å². The Bertz CT molecular complexity index is 629. The lowest BCUT2D eigenvalue weighted by atomic mass is 10.0. The summed E-state index contributed by atoms with van der Waals surface area (Å²) in [6.07, 6.45) is 10.0. The maximum atomic E-state index is 6.13. The highest BCUT2D eigenvalue weighted by Crippen LogP contribution is 2.25. The largest absolute Gasteiger partial charge is 0.474 e. The standard InChI is InChI=1S/C23H38N4O3/c1-2-24-23(26-13-6-14-29-18-19-10-15-28-16-11-19)27-17-20-7-5-12-25-22(20)30-21-8-3-4-9-21/h5,7,12,19,21H,2-4,6,8-11,13-18H2,1H3,(H2,24,26,27). The fourth-order valence-electron chi connectivity index (χ4n) is 3.86. The zero-order valence-electron chi connectivity index (χ0n) is 18.4. The summed E-state index contributed by atoms with van der Waals surface area (Å²) in [5.41, 5.74) is 1.03. The fourth-order valence-corrected chi connectivity index (χ4v) is 3.86. The van der Waals surface area contributed by atoms with E-state index in [1.54, 1.807) is 6.20 Å². The minimum Gasteiger partial charge on any atom is -0.474 e. The van der Waals surface area contributed by atoms with E-state index >= 15 is 0 Å². The molecule has 1 aliphatic carbocycles. The number of hydrogen-bond donors (Lipinski definition) is 2. The molecule has 3 rings (SSSR count). The van der Waals surface area contributed by atoms with Gasteiger partial charge in [0.1, 0.15) is 6.10 Å². The second-order valence-corrected chi connectivity index (χ2v) is 8.10. The summed E-state index contributed by atoms with van der Waals surface area (Å²) in [6.45, 7) is 7.65. The van der Waals surface area contributed by atoms with Crippen LogP contribution >= 0.6 is 0 Å². The van der Waals surface area contributed by atoms with E-state index in [-0.39, 0.29) is 0 Å². The van der Waals surface area contributed by atoms with Gasteiger partial charge in [0.05, 0.1) is 6.54 Å². The topological polar surface area (TPSA) is 77.0 Å². The van der Waals surface area contributed by atoms with Gasteiger partial charge in [-0.2, -0.15) is 0 Å². The van der Waals surface area contributed by atoms with Crippen molar-refractivity contribution >= 4 is 5.96 Å². The molecule has 0 amide bonds. The third-order valence-corrected chi connectivity index (χ3v) is 5.63. The van der Waals surface area contributed by atoms with Crippen molar-refractivity contribution in [2.24, 2.45) is 10.9 Å². The molecule has 1 aromatic heterocycles. The van der Waals surface area contributed by atoms with Crippen LogP contribution < -0.4 is 15.4 Å². The minimum atomic E-state index is 0.301. The summed E-state index contributed by atoms with van der Waals surface area (Å²) < 4.78 is 17.4. The molecule has 168 valence electrons. The third kappa shape index (κ3) is 8.11. The predicted molar refractivity (Wildman–Crippen MR) is 119 cm³/mol. The summed E-state index contributed by atoms with van der Waals surface area (Å²) in [4.78, 5) is 9.17. The van der Waals surface area contributed by atoms with Crippen LogP contribution in [0.1, 0.15) is 57.4 Å². The van der Waals surface area contributed by atoms with Crippen molar-refractivity contribution in [3.05, 3.63) is 23.9 Å². The SMILES string of the molecule is CCNC(=NCc1cccnc1OC1CCCC1)NCCCOCC1CCOCC1. The van der Waals surface area contributed by atoms with Crippen LogP contribution in [0.5, 0.6) is 5.88 Å². The van der Waals surface area contributed by atoms with E-state index in [0.29, 0.717) is 18.6 Å². The predicted octanol–water partition coefficient (Wildman–Crippen LogP) is 3.29. The first-order valence-electron chi connectivity index (χ1n) is 11.6. The lowest BCUT2D eigenvalue weighted by molar-refractivity contribution is 0.0203. The van der Waals surface area contributed by atoms with Gasteiger partial charge in [0.2, 0.25) is 5.88 Å². The molecule has 2 N–H and O–H groups in total. The normalized spacial score (nSPS) is 18.5. The Morgan fingerprint density at radius 3 is 2.83 bits per heavy atom. The van der Waals surface area contributed by atoms with Gasteiger partial charge < -0.3 is 24.8 Å². The molecule has 0 unspecified atom stereocenters. The Balaban J connectivity index is 1.39. The lowest BCUT2D eigenvalue weighted by Crippen LogP contribution is -2.38. The average molecular weight is 419 g/mol. The fraction of sp³-hybridized carbons (Fsp3) is 0.739. The molecule has 30 heavy (non-hydrogen) atoms. The van der Waals surface area contributed by atoms with Gasteiger partial charge in [0.25, 0.3) is 0 Å². The molecule has 1 aliphatic heterocycles. The van der Waals surface area contributed by atoms with Crippen molar-refractivity contribution in [3.63, 3.8) is 0 Å². The van der Waals surface area contributed by atoms with E-state index < -0.39 is 0 Å². The molecule has 0 atom stereocenters. The number of nitrogens with one attached hydrogen (secondary N) is 2. The van der Waals surface area contributed by atoms with Gasteiger partial charge in [-0.25, -0.2) is 9.98 Å². The van der Waals surface area contributed by atoms with Gasteiger partial charge >= 0.3 is 0 Å². The van der Waals surface area contributed by atoms with Gasteiger partial charge in [0, 0.05) is 51.3 Å². The van der Waals surface area contributed by atoms with Crippen LogP contribution in [-0.2, 0) is 16.0 Å². The molecule has 7 nitrogen and oxygen atoms in total. The quantitative estimate of drug-likeness (QED) is 0.326. The molecule has 7 heteroatoms. The number of rotatable bonds is 11. The number of guanidine groups is 1.